The standard InChI is InChI=1S/C23H20FNO3/c24-20-14-17(16-6-2-1-3-7-16)9-10-19(20)21-15-18(11-12-25-21)23(26)28-22-8-4-5-13-27-22/h1-3,6-7,9-12,14-15,22H,4-5,8,13H2. The largest absolute Gasteiger partial charge is 0.432 e. The van der Waals surface area contributed by atoms with E-state index in [-0.39, 0.29) is 0 Å². The number of carbonyl (C=O) groups excluding carboxylic acids is 1. The first-order valence-corrected chi connectivity index (χ1v) is 9.35. The van der Waals surface area contributed by atoms with E-state index in [1.807, 2.05) is 36.4 Å². The van der Waals surface area contributed by atoms with Gasteiger partial charge < -0.3 is 9.47 Å². The van der Waals surface area contributed by atoms with Crippen LogP contribution < -0.4 is 0 Å². The monoisotopic (exact) mass is 377 g/mol. The van der Waals surface area contributed by atoms with Crippen molar-refractivity contribution < 1.29 is 18.7 Å². The number of benzene rings is 2. The van der Waals surface area contributed by atoms with E-state index in [2.05, 4.69) is 4.98 Å². The molecule has 1 aliphatic rings. The average molecular weight is 377 g/mol. The zero-order valence-electron chi connectivity index (χ0n) is 15.3. The predicted molar refractivity (Wildman–Crippen MR) is 104 cm³/mol. The summed E-state index contributed by atoms with van der Waals surface area (Å²) < 4.78 is 25.6. The Morgan fingerprint density at radius 2 is 1.89 bits per heavy atom. The first-order chi connectivity index (χ1) is 13.7. The fourth-order valence-electron chi connectivity index (χ4n) is 3.23. The second-order valence-corrected chi connectivity index (χ2v) is 6.69. The molecule has 0 N–H and O–H groups in total. The van der Waals surface area contributed by atoms with Gasteiger partial charge in [0.05, 0.1) is 17.9 Å². The number of hydrogen-bond acceptors (Lipinski definition) is 4. The van der Waals surface area contributed by atoms with Crippen LogP contribution in [-0.4, -0.2) is 23.9 Å². The summed E-state index contributed by atoms with van der Waals surface area (Å²) in [5.74, 6) is -0.883. The molecule has 1 fully saturated rings. The molecule has 0 spiro atoms. The molecule has 1 saturated heterocycles. The van der Waals surface area contributed by atoms with Gasteiger partial charge in [-0.1, -0.05) is 36.4 Å². The van der Waals surface area contributed by atoms with Gasteiger partial charge in [-0.15, -0.1) is 0 Å². The third kappa shape index (κ3) is 4.10. The van der Waals surface area contributed by atoms with E-state index in [0.717, 1.165) is 24.0 Å². The lowest BCUT2D eigenvalue weighted by Gasteiger charge is -2.22. The fourth-order valence-corrected chi connectivity index (χ4v) is 3.23. The molecular formula is C23H20FNO3. The molecule has 2 heterocycles. The highest BCUT2D eigenvalue weighted by atomic mass is 19.1. The Morgan fingerprint density at radius 1 is 1.04 bits per heavy atom. The zero-order valence-corrected chi connectivity index (χ0v) is 15.3. The maximum Gasteiger partial charge on any atom is 0.340 e. The topological polar surface area (TPSA) is 48.4 Å². The highest BCUT2D eigenvalue weighted by Crippen LogP contribution is 2.27. The van der Waals surface area contributed by atoms with Crippen molar-refractivity contribution in [1.82, 2.24) is 4.98 Å². The van der Waals surface area contributed by atoms with E-state index >= 15 is 0 Å². The normalized spacial score (nSPS) is 16.5. The molecule has 3 aromatic rings. The van der Waals surface area contributed by atoms with Crippen LogP contribution in [0.25, 0.3) is 22.4 Å². The minimum absolute atomic E-state index is 0.325. The molecule has 1 atom stereocenters. The van der Waals surface area contributed by atoms with Crippen LogP contribution >= 0.6 is 0 Å². The van der Waals surface area contributed by atoms with Gasteiger partial charge in [0.2, 0.25) is 6.29 Å². The summed E-state index contributed by atoms with van der Waals surface area (Å²) in [5.41, 5.74) is 2.77. The Morgan fingerprint density at radius 3 is 2.64 bits per heavy atom. The van der Waals surface area contributed by atoms with Gasteiger partial charge >= 0.3 is 5.97 Å². The minimum atomic E-state index is -0.514. The lowest BCUT2D eigenvalue weighted by atomic mass is 10.0. The lowest BCUT2D eigenvalue weighted by Crippen LogP contribution is -2.25. The Labute approximate surface area is 163 Å². The summed E-state index contributed by atoms with van der Waals surface area (Å²) in [6.07, 6.45) is 3.61. The molecule has 1 aliphatic heterocycles. The summed E-state index contributed by atoms with van der Waals surface area (Å²) in [4.78, 5) is 16.6. The quantitative estimate of drug-likeness (QED) is 0.584. The van der Waals surface area contributed by atoms with Crippen LogP contribution in [-0.2, 0) is 9.47 Å². The van der Waals surface area contributed by atoms with E-state index in [4.69, 9.17) is 9.47 Å². The molecule has 1 unspecified atom stereocenters. The van der Waals surface area contributed by atoms with Gasteiger partial charge in [0, 0.05) is 18.2 Å². The first kappa shape index (κ1) is 18.3. The Kier molecular flexibility index (Phi) is 5.44. The van der Waals surface area contributed by atoms with Crippen molar-refractivity contribution in [2.24, 2.45) is 0 Å². The number of ether oxygens (including phenoxy) is 2. The van der Waals surface area contributed by atoms with Gasteiger partial charge in [0.25, 0.3) is 0 Å². The molecule has 28 heavy (non-hydrogen) atoms. The van der Waals surface area contributed by atoms with Crippen LogP contribution in [0, 0.1) is 5.82 Å². The zero-order chi connectivity index (χ0) is 19.3. The van der Waals surface area contributed by atoms with E-state index in [9.17, 15) is 9.18 Å². The molecular weight excluding hydrogens is 357 g/mol. The number of rotatable bonds is 4. The first-order valence-electron chi connectivity index (χ1n) is 9.35. The van der Waals surface area contributed by atoms with E-state index < -0.39 is 18.1 Å². The Balaban J connectivity index is 1.56. The molecule has 4 nitrogen and oxygen atoms in total. The Hall–Kier alpha value is -3.05. The molecule has 0 radical (unpaired) electrons. The van der Waals surface area contributed by atoms with Crippen LogP contribution in [0.15, 0.2) is 66.9 Å². The molecule has 0 aliphatic carbocycles. The van der Waals surface area contributed by atoms with E-state index in [1.54, 1.807) is 18.2 Å². The van der Waals surface area contributed by atoms with Gasteiger partial charge in [-0.05, 0) is 48.2 Å². The predicted octanol–water partition coefficient (Wildman–Crippen LogP) is 5.24. The molecule has 1 aromatic heterocycles. The highest BCUT2D eigenvalue weighted by molar-refractivity contribution is 5.90. The third-order valence-electron chi connectivity index (χ3n) is 4.72. The van der Waals surface area contributed by atoms with Gasteiger partial charge in [-0.2, -0.15) is 0 Å². The molecule has 0 amide bonds. The van der Waals surface area contributed by atoms with Crippen LogP contribution in [0.1, 0.15) is 29.6 Å². The summed E-state index contributed by atoms with van der Waals surface area (Å²) >= 11 is 0. The molecule has 4 rings (SSSR count). The number of aromatic nitrogens is 1. The van der Waals surface area contributed by atoms with Crippen molar-refractivity contribution in [1.29, 1.82) is 0 Å². The van der Waals surface area contributed by atoms with Crippen molar-refractivity contribution in [3.63, 3.8) is 0 Å². The van der Waals surface area contributed by atoms with E-state index in [0.29, 0.717) is 29.8 Å². The average Bonchev–Trinajstić information content (AvgIpc) is 2.75. The number of halogens is 1. The lowest BCUT2D eigenvalue weighted by molar-refractivity contribution is -0.130. The SMILES string of the molecule is O=C(OC1CCCCO1)c1ccnc(-c2ccc(-c3ccccc3)cc2F)c1. The summed E-state index contributed by atoms with van der Waals surface area (Å²) in [6.45, 7) is 0.596. The molecule has 0 bridgehead atoms. The number of esters is 1. The molecule has 5 heteroatoms. The van der Waals surface area contributed by atoms with Gasteiger partial charge in [-0.3, -0.25) is 4.98 Å². The summed E-state index contributed by atoms with van der Waals surface area (Å²) in [7, 11) is 0. The maximum atomic E-state index is 14.8. The van der Waals surface area contributed by atoms with Crippen molar-refractivity contribution in [2.75, 3.05) is 6.61 Å². The Bertz CT molecular complexity index is 969. The smallest absolute Gasteiger partial charge is 0.340 e. The van der Waals surface area contributed by atoms with Crippen molar-refractivity contribution in [3.8, 4) is 22.4 Å². The number of nitrogens with zero attached hydrogens (tertiary/aromatic N) is 1. The number of hydrogen-bond donors (Lipinski definition) is 0. The van der Waals surface area contributed by atoms with Crippen LogP contribution in [0.5, 0.6) is 0 Å². The third-order valence-corrected chi connectivity index (χ3v) is 4.72. The molecule has 142 valence electrons. The highest BCUT2D eigenvalue weighted by Gasteiger charge is 2.20. The van der Waals surface area contributed by atoms with Crippen LogP contribution in [0.4, 0.5) is 4.39 Å². The minimum Gasteiger partial charge on any atom is -0.432 e. The molecule has 0 saturated carbocycles. The second kappa shape index (κ2) is 8.31. The van der Waals surface area contributed by atoms with Gasteiger partial charge in [-0.25, -0.2) is 9.18 Å². The van der Waals surface area contributed by atoms with Crippen molar-refractivity contribution in [3.05, 3.63) is 78.2 Å². The van der Waals surface area contributed by atoms with E-state index in [1.165, 1.54) is 12.3 Å². The van der Waals surface area contributed by atoms with Gasteiger partial charge in [0.1, 0.15) is 5.82 Å². The number of carbonyl (C=O) groups is 1. The summed E-state index contributed by atoms with van der Waals surface area (Å²) in [5, 5.41) is 0. The number of pyridine rings is 1. The van der Waals surface area contributed by atoms with Crippen molar-refractivity contribution in [2.45, 2.75) is 25.6 Å². The summed E-state index contributed by atoms with van der Waals surface area (Å²) in [6, 6.07) is 17.7. The second-order valence-electron chi connectivity index (χ2n) is 6.69. The van der Waals surface area contributed by atoms with Gasteiger partial charge in [0.15, 0.2) is 0 Å². The molecule has 2 aromatic carbocycles. The van der Waals surface area contributed by atoms with Crippen molar-refractivity contribution >= 4 is 5.97 Å². The fraction of sp³-hybridized carbons (Fsp3) is 0.217. The van der Waals surface area contributed by atoms with Crippen LogP contribution in [0.2, 0.25) is 0 Å². The maximum absolute atomic E-state index is 14.8. The van der Waals surface area contributed by atoms with Crippen LogP contribution in [0.3, 0.4) is 0 Å².